The molecule has 0 unspecified atom stereocenters. The Morgan fingerprint density at radius 3 is 2.31 bits per heavy atom. The lowest BCUT2D eigenvalue weighted by Gasteiger charge is -2.34. The van der Waals surface area contributed by atoms with Crippen LogP contribution in [0.4, 0.5) is 14.9 Å². The van der Waals surface area contributed by atoms with Gasteiger partial charge < -0.3 is 19.9 Å². The number of amides is 3. The van der Waals surface area contributed by atoms with Crippen LogP contribution in [0.2, 0.25) is 0 Å². The summed E-state index contributed by atoms with van der Waals surface area (Å²) in [6.45, 7) is 4.06. The molecule has 0 saturated carbocycles. The van der Waals surface area contributed by atoms with Crippen LogP contribution < -0.4 is 10.1 Å². The fourth-order valence-electron chi connectivity index (χ4n) is 3.52. The Hall–Kier alpha value is -3.39. The molecule has 2 heterocycles. The first-order chi connectivity index (χ1) is 15.5. The number of nitrogens with zero attached hydrogens (tertiary/aromatic N) is 2. The van der Waals surface area contributed by atoms with E-state index >= 15 is 0 Å². The van der Waals surface area contributed by atoms with Crippen LogP contribution in [-0.2, 0) is 0 Å². The van der Waals surface area contributed by atoms with Crippen molar-refractivity contribution in [3.63, 3.8) is 0 Å². The Morgan fingerprint density at radius 1 is 1.00 bits per heavy atom. The second-order valence-electron chi connectivity index (χ2n) is 7.32. The normalized spacial score (nSPS) is 13.7. The number of hydrogen-bond donors (Lipinski definition) is 1. The van der Waals surface area contributed by atoms with Gasteiger partial charge in [-0.1, -0.05) is 30.3 Å². The van der Waals surface area contributed by atoms with Gasteiger partial charge in [0.2, 0.25) is 0 Å². The van der Waals surface area contributed by atoms with Crippen LogP contribution in [0.3, 0.4) is 0 Å². The van der Waals surface area contributed by atoms with Crippen molar-refractivity contribution in [3.05, 3.63) is 71.4 Å². The number of urea groups is 1. The highest BCUT2D eigenvalue weighted by Crippen LogP contribution is 2.37. The quantitative estimate of drug-likeness (QED) is 0.595. The molecule has 1 saturated heterocycles. The molecular formula is C24H24FN3O3S. The van der Waals surface area contributed by atoms with Gasteiger partial charge in [0.25, 0.3) is 5.91 Å². The molecule has 0 radical (unpaired) electrons. The summed E-state index contributed by atoms with van der Waals surface area (Å²) in [6.07, 6.45) is 0. The molecule has 6 nitrogen and oxygen atoms in total. The predicted molar refractivity (Wildman–Crippen MR) is 124 cm³/mol. The summed E-state index contributed by atoms with van der Waals surface area (Å²) in [5.74, 6) is 0.155. The molecular weight excluding hydrogens is 429 g/mol. The Morgan fingerprint density at radius 2 is 1.66 bits per heavy atom. The monoisotopic (exact) mass is 453 g/mol. The number of rotatable bonds is 5. The second-order valence-corrected chi connectivity index (χ2v) is 8.37. The van der Waals surface area contributed by atoms with Gasteiger partial charge in [0.05, 0.1) is 6.61 Å². The summed E-state index contributed by atoms with van der Waals surface area (Å²) < 4.78 is 18.8. The summed E-state index contributed by atoms with van der Waals surface area (Å²) in [4.78, 5) is 30.7. The first-order valence-electron chi connectivity index (χ1n) is 10.5. The van der Waals surface area contributed by atoms with Crippen molar-refractivity contribution in [2.45, 2.75) is 6.92 Å². The Labute approximate surface area is 190 Å². The number of benzene rings is 2. The van der Waals surface area contributed by atoms with Gasteiger partial charge >= 0.3 is 6.03 Å². The molecule has 1 aromatic heterocycles. The molecule has 8 heteroatoms. The molecule has 2 aromatic carbocycles. The zero-order valence-corrected chi connectivity index (χ0v) is 18.5. The van der Waals surface area contributed by atoms with E-state index in [0.29, 0.717) is 49.1 Å². The minimum atomic E-state index is -0.356. The van der Waals surface area contributed by atoms with Gasteiger partial charge in [-0.05, 0) is 42.8 Å². The number of piperazine rings is 1. The smallest absolute Gasteiger partial charge is 0.321 e. The van der Waals surface area contributed by atoms with Gasteiger partial charge in [-0.15, -0.1) is 11.3 Å². The zero-order valence-electron chi connectivity index (χ0n) is 17.7. The van der Waals surface area contributed by atoms with Crippen molar-refractivity contribution in [2.75, 3.05) is 38.1 Å². The number of ether oxygens (including phenoxy) is 1. The predicted octanol–water partition coefficient (Wildman–Crippen LogP) is 4.94. The minimum absolute atomic E-state index is 0.0841. The maximum Gasteiger partial charge on any atom is 0.321 e. The molecule has 0 bridgehead atoms. The van der Waals surface area contributed by atoms with Gasteiger partial charge in [0.15, 0.2) is 0 Å². The van der Waals surface area contributed by atoms with E-state index in [1.807, 2.05) is 43.3 Å². The number of anilines is 1. The number of nitrogens with one attached hydrogen (secondary N) is 1. The number of carbonyl (C=O) groups excluding carboxylic acids is 2. The summed E-state index contributed by atoms with van der Waals surface area (Å²) in [6, 6.07) is 17.2. The van der Waals surface area contributed by atoms with Gasteiger partial charge in [-0.25, -0.2) is 9.18 Å². The van der Waals surface area contributed by atoms with Crippen LogP contribution in [0.25, 0.3) is 10.4 Å². The van der Waals surface area contributed by atoms with E-state index in [-0.39, 0.29) is 17.8 Å². The lowest BCUT2D eigenvalue weighted by atomic mass is 10.2. The van der Waals surface area contributed by atoms with Crippen LogP contribution in [-0.4, -0.2) is 54.5 Å². The SMILES string of the molecule is CCOc1cc(-c2ccccc2)sc1C(=O)N1CCN(C(=O)Nc2ccc(F)cc2)CC1. The molecule has 1 aliphatic rings. The molecule has 0 aliphatic carbocycles. The molecule has 0 spiro atoms. The molecule has 3 aromatic rings. The average molecular weight is 454 g/mol. The Kier molecular flexibility index (Phi) is 6.70. The number of hydrogen-bond acceptors (Lipinski definition) is 4. The first-order valence-corrected chi connectivity index (χ1v) is 11.3. The topological polar surface area (TPSA) is 61.9 Å². The van der Waals surface area contributed by atoms with Crippen LogP contribution >= 0.6 is 11.3 Å². The Balaban J connectivity index is 1.41. The van der Waals surface area contributed by atoms with Crippen molar-refractivity contribution in [3.8, 4) is 16.2 Å². The highest BCUT2D eigenvalue weighted by molar-refractivity contribution is 7.17. The molecule has 1 fully saturated rings. The summed E-state index contributed by atoms with van der Waals surface area (Å²) in [5, 5.41) is 2.76. The molecule has 1 N–H and O–H groups in total. The van der Waals surface area contributed by atoms with E-state index in [1.54, 1.807) is 9.80 Å². The first kappa shape index (κ1) is 21.8. The van der Waals surface area contributed by atoms with Crippen molar-refractivity contribution in [1.29, 1.82) is 0 Å². The molecule has 3 amide bonds. The fraction of sp³-hybridized carbons (Fsp3) is 0.250. The van der Waals surface area contributed by atoms with E-state index in [0.717, 1.165) is 10.4 Å². The standard InChI is InChI=1S/C24H24FN3O3S/c1-2-31-20-16-21(17-6-4-3-5-7-17)32-22(20)23(29)27-12-14-28(15-13-27)24(30)26-19-10-8-18(25)9-11-19/h3-11,16H,2,12-15H2,1H3,(H,26,30). The minimum Gasteiger partial charge on any atom is -0.492 e. The van der Waals surface area contributed by atoms with E-state index in [4.69, 9.17) is 4.74 Å². The van der Waals surface area contributed by atoms with Gasteiger partial charge in [-0.2, -0.15) is 0 Å². The van der Waals surface area contributed by atoms with E-state index < -0.39 is 0 Å². The van der Waals surface area contributed by atoms with Crippen LogP contribution in [0, 0.1) is 5.82 Å². The maximum atomic E-state index is 13.2. The zero-order chi connectivity index (χ0) is 22.5. The highest BCUT2D eigenvalue weighted by Gasteiger charge is 2.28. The molecule has 4 rings (SSSR count). The van der Waals surface area contributed by atoms with Crippen molar-refractivity contribution in [2.24, 2.45) is 0 Å². The number of halogens is 1. The largest absolute Gasteiger partial charge is 0.492 e. The van der Waals surface area contributed by atoms with Gasteiger partial charge in [0, 0.05) is 36.7 Å². The van der Waals surface area contributed by atoms with Gasteiger partial charge in [-0.3, -0.25) is 4.79 Å². The van der Waals surface area contributed by atoms with E-state index in [2.05, 4.69) is 5.32 Å². The van der Waals surface area contributed by atoms with Crippen molar-refractivity contribution < 1.29 is 18.7 Å². The molecule has 32 heavy (non-hydrogen) atoms. The van der Waals surface area contributed by atoms with Crippen molar-refractivity contribution >= 4 is 29.0 Å². The van der Waals surface area contributed by atoms with Gasteiger partial charge in [0.1, 0.15) is 16.4 Å². The summed E-state index contributed by atoms with van der Waals surface area (Å²) in [7, 11) is 0. The summed E-state index contributed by atoms with van der Waals surface area (Å²) >= 11 is 1.42. The summed E-state index contributed by atoms with van der Waals surface area (Å²) in [5.41, 5.74) is 1.57. The van der Waals surface area contributed by atoms with Crippen LogP contribution in [0.1, 0.15) is 16.6 Å². The fourth-order valence-corrected chi connectivity index (χ4v) is 4.60. The average Bonchev–Trinajstić information content (AvgIpc) is 3.25. The number of carbonyl (C=O) groups is 2. The maximum absolute atomic E-state index is 13.2. The lowest BCUT2D eigenvalue weighted by molar-refractivity contribution is 0.0673. The third-order valence-electron chi connectivity index (χ3n) is 5.20. The molecule has 0 atom stereocenters. The lowest BCUT2D eigenvalue weighted by Crippen LogP contribution is -2.51. The molecule has 1 aliphatic heterocycles. The Bertz CT molecular complexity index is 1080. The van der Waals surface area contributed by atoms with Crippen LogP contribution in [0.5, 0.6) is 5.75 Å². The van der Waals surface area contributed by atoms with E-state index in [1.165, 1.54) is 35.6 Å². The van der Waals surface area contributed by atoms with Crippen molar-refractivity contribution in [1.82, 2.24) is 9.80 Å². The van der Waals surface area contributed by atoms with E-state index in [9.17, 15) is 14.0 Å². The third-order valence-corrected chi connectivity index (χ3v) is 6.35. The second kappa shape index (κ2) is 9.82. The molecule has 166 valence electrons. The van der Waals surface area contributed by atoms with Crippen LogP contribution in [0.15, 0.2) is 60.7 Å². The highest BCUT2D eigenvalue weighted by atomic mass is 32.1. The third kappa shape index (κ3) is 4.91. The number of thiophene rings is 1.